The second-order valence-electron chi connectivity index (χ2n) is 3.91. The molecule has 6 nitrogen and oxygen atoms in total. The van der Waals surface area contributed by atoms with E-state index in [0.717, 1.165) is 5.56 Å². The lowest BCUT2D eigenvalue weighted by Gasteiger charge is -2.12. The van der Waals surface area contributed by atoms with Gasteiger partial charge in [0.2, 0.25) is 0 Å². The molecule has 0 saturated heterocycles. The van der Waals surface area contributed by atoms with Crippen molar-refractivity contribution in [3.8, 4) is 0 Å². The third-order valence-corrected chi connectivity index (χ3v) is 2.75. The van der Waals surface area contributed by atoms with Crippen molar-refractivity contribution >= 4 is 0 Å². The standard InChI is InChI=1S/C12H15N3O3/c16-7-10-11(8-17)15(14-13-10)6-12(18)9-4-2-1-3-5-9/h1-5,12,16-18H,6-8H2/t12-/m1/s1. The van der Waals surface area contributed by atoms with Crippen molar-refractivity contribution in [2.75, 3.05) is 0 Å². The van der Waals surface area contributed by atoms with Crippen LogP contribution in [0.5, 0.6) is 0 Å². The number of aliphatic hydroxyl groups excluding tert-OH is 3. The summed E-state index contributed by atoms with van der Waals surface area (Å²) >= 11 is 0. The van der Waals surface area contributed by atoms with Gasteiger partial charge in [0.15, 0.2) is 0 Å². The first-order valence-corrected chi connectivity index (χ1v) is 5.62. The van der Waals surface area contributed by atoms with Gasteiger partial charge in [-0.05, 0) is 5.56 Å². The highest BCUT2D eigenvalue weighted by atomic mass is 16.3. The monoisotopic (exact) mass is 249 g/mol. The third kappa shape index (κ3) is 2.56. The van der Waals surface area contributed by atoms with Gasteiger partial charge in [-0.2, -0.15) is 0 Å². The number of hydrogen-bond acceptors (Lipinski definition) is 5. The molecule has 1 atom stereocenters. The molecule has 0 fully saturated rings. The van der Waals surface area contributed by atoms with Gasteiger partial charge in [0.1, 0.15) is 5.69 Å². The molecule has 3 N–H and O–H groups in total. The number of rotatable bonds is 5. The van der Waals surface area contributed by atoms with Crippen molar-refractivity contribution in [2.45, 2.75) is 25.9 Å². The van der Waals surface area contributed by atoms with Crippen molar-refractivity contribution in [3.05, 3.63) is 47.3 Å². The predicted octanol–water partition coefficient (Wildman–Crippen LogP) is -0.00370. The quantitative estimate of drug-likeness (QED) is 0.693. The molecular formula is C12H15N3O3. The molecule has 2 rings (SSSR count). The summed E-state index contributed by atoms with van der Waals surface area (Å²) in [6.45, 7) is -0.366. The Labute approximate surface area is 104 Å². The molecule has 1 aromatic heterocycles. The summed E-state index contributed by atoms with van der Waals surface area (Å²) in [5.74, 6) is 0. The fourth-order valence-corrected chi connectivity index (χ4v) is 1.76. The Morgan fingerprint density at radius 1 is 1.11 bits per heavy atom. The summed E-state index contributed by atoms with van der Waals surface area (Å²) in [4.78, 5) is 0. The number of hydrogen-bond donors (Lipinski definition) is 3. The van der Waals surface area contributed by atoms with E-state index in [2.05, 4.69) is 10.3 Å². The molecule has 1 heterocycles. The Bertz CT molecular complexity index is 499. The van der Waals surface area contributed by atoms with Gasteiger partial charge in [-0.1, -0.05) is 35.5 Å². The van der Waals surface area contributed by atoms with Gasteiger partial charge in [0.25, 0.3) is 0 Å². The first kappa shape index (κ1) is 12.7. The highest BCUT2D eigenvalue weighted by Crippen LogP contribution is 2.16. The first-order chi connectivity index (χ1) is 8.76. The van der Waals surface area contributed by atoms with Gasteiger partial charge in [-0.25, -0.2) is 4.68 Å². The number of aromatic nitrogens is 3. The second kappa shape index (κ2) is 5.72. The van der Waals surface area contributed by atoms with Crippen LogP contribution in [0.3, 0.4) is 0 Å². The van der Waals surface area contributed by atoms with Crippen LogP contribution < -0.4 is 0 Å². The average Bonchev–Trinajstić information content (AvgIpc) is 2.81. The van der Waals surface area contributed by atoms with E-state index in [1.165, 1.54) is 4.68 Å². The molecule has 0 unspecified atom stereocenters. The van der Waals surface area contributed by atoms with Gasteiger partial charge >= 0.3 is 0 Å². The van der Waals surface area contributed by atoms with Crippen LogP contribution in [0.4, 0.5) is 0 Å². The van der Waals surface area contributed by atoms with E-state index in [0.29, 0.717) is 11.4 Å². The molecule has 0 aliphatic rings. The fourth-order valence-electron chi connectivity index (χ4n) is 1.76. The normalized spacial score (nSPS) is 12.6. The van der Waals surface area contributed by atoms with Crippen LogP contribution >= 0.6 is 0 Å². The molecule has 0 saturated carbocycles. The van der Waals surface area contributed by atoms with E-state index in [9.17, 15) is 10.2 Å². The zero-order chi connectivity index (χ0) is 13.0. The Morgan fingerprint density at radius 3 is 2.44 bits per heavy atom. The second-order valence-corrected chi connectivity index (χ2v) is 3.91. The van der Waals surface area contributed by atoms with E-state index in [1.54, 1.807) is 0 Å². The van der Waals surface area contributed by atoms with Gasteiger partial charge in [0, 0.05) is 0 Å². The van der Waals surface area contributed by atoms with Crippen molar-refractivity contribution < 1.29 is 15.3 Å². The molecule has 2 aromatic rings. The van der Waals surface area contributed by atoms with E-state index in [1.807, 2.05) is 30.3 Å². The maximum Gasteiger partial charge on any atom is 0.114 e. The van der Waals surface area contributed by atoms with E-state index in [4.69, 9.17) is 5.11 Å². The Morgan fingerprint density at radius 2 is 1.83 bits per heavy atom. The highest BCUT2D eigenvalue weighted by Gasteiger charge is 2.15. The van der Waals surface area contributed by atoms with Crippen LogP contribution in [0.1, 0.15) is 23.1 Å². The third-order valence-electron chi connectivity index (χ3n) is 2.75. The van der Waals surface area contributed by atoms with E-state index in [-0.39, 0.29) is 19.8 Å². The molecule has 0 aliphatic carbocycles. The topological polar surface area (TPSA) is 91.4 Å². The van der Waals surface area contributed by atoms with Crippen LogP contribution in [0, 0.1) is 0 Å². The van der Waals surface area contributed by atoms with E-state index < -0.39 is 6.10 Å². The Balaban J connectivity index is 2.17. The van der Waals surface area contributed by atoms with Crippen LogP contribution in [-0.2, 0) is 19.8 Å². The molecule has 0 radical (unpaired) electrons. The summed E-state index contributed by atoms with van der Waals surface area (Å²) in [5.41, 5.74) is 1.52. The van der Waals surface area contributed by atoms with Gasteiger partial charge in [-0.3, -0.25) is 0 Å². The van der Waals surface area contributed by atoms with Crippen LogP contribution in [0.2, 0.25) is 0 Å². The smallest absolute Gasteiger partial charge is 0.114 e. The summed E-state index contributed by atoms with van der Waals surface area (Å²) < 4.78 is 1.41. The zero-order valence-corrected chi connectivity index (χ0v) is 9.77. The largest absolute Gasteiger partial charge is 0.390 e. The summed E-state index contributed by atoms with van der Waals surface area (Å²) in [6.07, 6.45) is -0.732. The lowest BCUT2D eigenvalue weighted by Crippen LogP contribution is -2.13. The molecule has 0 aliphatic heterocycles. The van der Waals surface area contributed by atoms with Crippen molar-refractivity contribution in [2.24, 2.45) is 0 Å². The Kier molecular flexibility index (Phi) is 4.03. The van der Waals surface area contributed by atoms with Crippen molar-refractivity contribution in [1.82, 2.24) is 15.0 Å². The minimum Gasteiger partial charge on any atom is -0.390 e. The summed E-state index contributed by atoms with van der Waals surface area (Å²) in [6, 6.07) is 9.17. The summed E-state index contributed by atoms with van der Waals surface area (Å²) in [7, 11) is 0. The molecule has 0 bridgehead atoms. The minimum absolute atomic E-state index is 0.187. The van der Waals surface area contributed by atoms with Crippen LogP contribution in [-0.4, -0.2) is 30.3 Å². The zero-order valence-electron chi connectivity index (χ0n) is 9.77. The molecule has 0 amide bonds. The lowest BCUT2D eigenvalue weighted by atomic mass is 10.1. The maximum atomic E-state index is 10.0. The average molecular weight is 249 g/mol. The van der Waals surface area contributed by atoms with Gasteiger partial charge in [-0.15, -0.1) is 5.10 Å². The Hall–Kier alpha value is -1.76. The minimum atomic E-state index is -0.732. The molecule has 0 spiro atoms. The number of benzene rings is 1. The van der Waals surface area contributed by atoms with Crippen LogP contribution in [0.15, 0.2) is 30.3 Å². The predicted molar refractivity (Wildman–Crippen MR) is 63.3 cm³/mol. The van der Waals surface area contributed by atoms with Crippen molar-refractivity contribution in [1.29, 1.82) is 0 Å². The SMILES string of the molecule is OCc1nnn(C[C@@H](O)c2ccccc2)c1CO. The number of aliphatic hydroxyl groups is 3. The van der Waals surface area contributed by atoms with Gasteiger partial charge < -0.3 is 15.3 Å². The number of nitrogens with zero attached hydrogens (tertiary/aromatic N) is 3. The van der Waals surface area contributed by atoms with E-state index >= 15 is 0 Å². The molecule has 6 heteroatoms. The molecule has 18 heavy (non-hydrogen) atoms. The van der Waals surface area contributed by atoms with Crippen LogP contribution in [0.25, 0.3) is 0 Å². The lowest BCUT2D eigenvalue weighted by molar-refractivity contribution is 0.145. The molecular weight excluding hydrogens is 234 g/mol. The first-order valence-electron chi connectivity index (χ1n) is 5.62. The maximum absolute atomic E-state index is 10.0. The highest BCUT2D eigenvalue weighted by molar-refractivity contribution is 5.17. The van der Waals surface area contributed by atoms with Gasteiger partial charge in [0.05, 0.1) is 31.6 Å². The fraction of sp³-hybridized carbons (Fsp3) is 0.333. The molecule has 1 aromatic carbocycles. The molecule has 96 valence electrons. The summed E-state index contributed by atoms with van der Waals surface area (Å²) in [5, 5.41) is 35.8. The van der Waals surface area contributed by atoms with Crippen molar-refractivity contribution in [3.63, 3.8) is 0 Å².